The first-order valence-electron chi connectivity index (χ1n) is 7.12. The molecule has 0 aromatic heterocycles. The lowest BCUT2D eigenvalue weighted by atomic mass is 9.99. The lowest BCUT2D eigenvalue weighted by molar-refractivity contribution is -0.119. The minimum absolute atomic E-state index is 0.122. The molecule has 1 aliphatic heterocycles. The van der Waals surface area contributed by atoms with Gasteiger partial charge in [-0.05, 0) is 43.2 Å². The second-order valence-electron chi connectivity index (χ2n) is 5.55. The maximum absolute atomic E-state index is 12.9. The quantitative estimate of drug-likeness (QED) is 0.677. The van der Waals surface area contributed by atoms with Crippen molar-refractivity contribution in [3.05, 3.63) is 68.2 Å². The molecule has 0 aliphatic carbocycles. The summed E-state index contributed by atoms with van der Waals surface area (Å²) in [4.78, 5) is 26.4. The standard InChI is InChI=1S/C18H12Cl3NO2/c1-9-3-5-12(10(2)7-9)15-16(21)18(24)22(17(15)23)14-8-11(19)4-6-13(14)20/h3-8H,1-2H3. The van der Waals surface area contributed by atoms with E-state index < -0.39 is 11.8 Å². The Labute approximate surface area is 154 Å². The highest BCUT2D eigenvalue weighted by molar-refractivity contribution is 6.60. The van der Waals surface area contributed by atoms with Crippen LogP contribution >= 0.6 is 34.8 Å². The first-order chi connectivity index (χ1) is 11.3. The highest BCUT2D eigenvalue weighted by Gasteiger charge is 2.40. The van der Waals surface area contributed by atoms with Gasteiger partial charge in [-0.3, -0.25) is 9.59 Å². The van der Waals surface area contributed by atoms with Crippen LogP contribution in [0.15, 0.2) is 41.4 Å². The smallest absolute Gasteiger partial charge is 0.268 e. The molecule has 1 heterocycles. The fourth-order valence-corrected chi connectivity index (χ4v) is 3.34. The van der Waals surface area contributed by atoms with Gasteiger partial charge in [-0.1, -0.05) is 58.6 Å². The molecule has 1 aliphatic rings. The summed E-state index contributed by atoms with van der Waals surface area (Å²) in [6.07, 6.45) is 0. The first-order valence-corrected chi connectivity index (χ1v) is 8.26. The average molecular weight is 381 g/mol. The number of amides is 2. The van der Waals surface area contributed by atoms with Crippen molar-refractivity contribution in [1.82, 2.24) is 0 Å². The average Bonchev–Trinajstić information content (AvgIpc) is 2.73. The fraction of sp³-hybridized carbons (Fsp3) is 0.111. The first kappa shape index (κ1) is 17.0. The molecule has 0 N–H and O–H groups in total. The van der Waals surface area contributed by atoms with E-state index in [-0.39, 0.29) is 21.3 Å². The van der Waals surface area contributed by atoms with Crippen LogP contribution in [0.1, 0.15) is 16.7 Å². The number of carbonyl (C=O) groups is 2. The zero-order valence-corrected chi connectivity index (χ0v) is 15.1. The van der Waals surface area contributed by atoms with E-state index in [1.54, 1.807) is 12.1 Å². The molecule has 3 rings (SSSR count). The SMILES string of the molecule is Cc1ccc(C2=C(Cl)C(=O)N(c3cc(Cl)ccc3Cl)C2=O)c(C)c1. The van der Waals surface area contributed by atoms with Crippen LogP contribution in [0.2, 0.25) is 10.0 Å². The molecule has 2 amide bonds. The van der Waals surface area contributed by atoms with Crippen molar-refractivity contribution < 1.29 is 9.59 Å². The summed E-state index contributed by atoms with van der Waals surface area (Å²) in [6, 6.07) is 10.2. The van der Waals surface area contributed by atoms with E-state index in [4.69, 9.17) is 34.8 Å². The number of anilines is 1. The maximum Gasteiger partial charge on any atom is 0.277 e. The third kappa shape index (κ3) is 2.73. The second-order valence-corrected chi connectivity index (χ2v) is 6.77. The Morgan fingerprint density at radius 1 is 0.875 bits per heavy atom. The van der Waals surface area contributed by atoms with Crippen LogP contribution in [0.4, 0.5) is 5.69 Å². The summed E-state index contributed by atoms with van der Waals surface area (Å²) in [5.41, 5.74) is 2.94. The van der Waals surface area contributed by atoms with Crippen molar-refractivity contribution in [2.45, 2.75) is 13.8 Å². The van der Waals surface area contributed by atoms with Crippen molar-refractivity contribution >= 4 is 57.9 Å². The summed E-state index contributed by atoms with van der Waals surface area (Å²) < 4.78 is 0. The Morgan fingerprint density at radius 2 is 1.58 bits per heavy atom. The van der Waals surface area contributed by atoms with Crippen molar-refractivity contribution in [3.63, 3.8) is 0 Å². The normalized spacial score (nSPS) is 14.8. The van der Waals surface area contributed by atoms with Crippen LogP contribution in [-0.2, 0) is 9.59 Å². The molecule has 2 aromatic rings. The number of aryl methyl sites for hydroxylation is 2. The molecule has 0 saturated carbocycles. The number of imide groups is 1. The van der Waals surface area contributed by atoms with E-state index in [1.807, 2.05) is 26.0 Å². The second kappa shape index (κ2) is 6.25. The lowest BCUT2D eigenvalue weighted by Gasteiger charge is -2.17. The van der Waals surface area contributed by atoms with E-state index in [9.17, 15) is 9.59 Å². The minimum Gasteiger partial charge on any atom is -0.268 e. The van der Waals surface area contributed by atoms with E-state index in [0.717, 1.165) is 16.0 Å². The third-order valence-electron chi connectivity index (χ3n) is 3.83. The maximum atomic E-state index is 12.9. The predicted octanol–water partition coefficient (Wildman–Crippen LogP) is 5.13. The Bertz CT molecular complexity index is 918. The largest absolute Gasteiger partial charge is 0.277 e. The molecular formula is C18H12Cl3NO2. The van der Waals surface area contributed by atoms with Gasteiger partial charge < -0.3 is 0 Å². The summed E-state index contributed by atoms with van der Waals surface area (Å²) in [5, 5.41) is 0.488. The van der Waals surface area contributed by atoms with Gasteiger partial charge in [0.05, 0.1) is 16.3 Å². The highest BCUT2D eigenvalue weighted by Crippen LogP contribution is 2.39. The number of halogens is 3. The minimum atomic E-state index is -0.610. The number of carbonyl (C=O) groups excluding carboxylic acids is 2. The number of nitrogens with zero attached hydrogens (tertiary/aromatic N) is 1. The van der Waals surface area contributed by atoms with Crippen LogP contribution in [0.3, 0.4) is 0 Å². The number of benzene rings is 2. The summed E-state index contributed by atoms with van der Waals surface area (Å²) in [5.74, 6) is -1.12. The van der Waals surface area contributed by atoms with E-state index in [1.165, 1.54) is 12.1 Å². The van der Waals surface area contributed by atoms with E-state index >= 15 is 0 Å². The Hall–Kier alpha value is -1.81. The topological polar surface area (TPSA) is 37.4 Å². The van der Waals surface area contributed by atoms with Crippen LogP contribution in [0.25, 0.3) is 5.57 Å². The number of hydrogen-bond acceptors (Lipinski definition) is 2. The molecule has 0 unspecified atom stereocenters. The molecule has 0 saturated heterocycles. The molecule has 0 radical (unpaired) electrons. The van der Waals surface area contributed by atoms with Crippen molar-refractivity contribution in [2.24, 2.45) is 0 Å². The fourth-order valence-electron chi connectivity index (χ4n) is 2.71. The van der Waals surface area contributed by atoms with Gasteiger partial charge in [0.1, 0.15) is 5.03 Å². The Balaban J connectivity index is 2.13. The third-order valence-corrected chi connectivity index (χ3v) is 4.73. The van der Waals surface area contributed by atoms with Crippen LogP contribution < -0.4 is 4.90 Å². The van der Waals surface area contributed by atoms with Gasteiger partial charge in [-0.15, -0.1) is 0 Å². The van der Waals surface area contributed by atoms with Crippen LogP contribution in [0, 0.1) is 13.8 Å². The molecule has 6 heteroatoms. The van der Waals surface area contributed by atoms with Crippen molar-refractivity contribution in [1.29, 1.82) is 0 Å². The Morgan fingerprint density at radius 3 is 2.25 bits per heavy atom. The zero-order chi connectivity index (χ0) is 17.6. The highest BCUT2D eigenvalue weighted by atomic mass is 35.5. The predicted molar refractivity (Wildman–Crippen MR) is 97.6 cm³/mol. The van der Waals surface area contributed by atoms with Crippen LogP contribution in [0.5, 0.6) is 0 Å². The molecular weight excluding hydrogens is 369 g/mol. The van der Waals surface area contributed by atoms with Gasteiger partial charge in [-0.25, -0.2) is 4.90 Å². The summed E-state index contributed by atoms with van der Waals surface area (Å²) in [6.45, 7) is 3.82. The molecule has 0 atom stereocenters. The monoisotopic (exact) mass is 379 g/mol. The van der Waals surface area contributed by atoms with Crippen molar-refractivity contribution in [2.75, 3.05) is 4.90 Å². The van der Waals surface area contributed by atoms with Gasteiger partial charge in [-0.2, -0.15) is 0 Å². The lowest BCUT2D eigenvalue weighted by Crippen LogP contribution is -2.31. The number of rotatable bonds is 2. The molecule has 3 nitrogen and oxygen atoms in total. The molecule has 122 valence electrons. The van der Waals surface area contributed by atoms with E-state index in [0.29, 0.717) is 10.6 Å². The van der Waals surface area contributed by atoms with Gasteiger partial charge in [0.2, 0.25) is 0 Å². The molecule has 0 spiro atoms. The van der Waals surface area contributed by atoms with Gasteiger partial charge >= 0.3 is 0 Å². The van der Waals surface area contributed by atoms with Crippen molar-refractivity contribution in [3.8, 4) is 0 Å². The summed E-state index contributed by atoms with van der Waals surface area (Å²) in [7, 11) is 0. The molecule has 2 aromatic carbocycles. The molecule has 0 fully saturated rings. The Kier molecular flexibility index (Phi) is 4.43. The van der Waals surface area contributed by atoms with Gasteiger partial charge in [0.25, 0.3) is 11.8 Å². The van der Waals surface area contributed by atoms with Crippen LogP contribution in [-0.4, -0.2) is 11.8 Å². The zero-order valence-electron chi connectivity index (χ0n) is 12.9. The van der Waals surface area contributed by atoms with E-state index in [2.05, 4.69) is 0 Å². The number of hydrogen-bond donors (Lipinski definition) is 0. The molecule has 24 heavy (non-hydrogen) atoms. The van der Waals surface area contributed by atoms with Gasteiger partial charge in [0.15, 0.2) is 0 Å². The molecule has 0 bridgehead atoms. The van der Waals surface area contributed by atoms with Gasteiger partial charge in [0, 0.05) is 5.02 Å². The summed E-state index contributed by atoms with van der Waals surface area (Å²) >= 11 is 18.3.